The minimum absolute atomic E-state index is 0.312. The van der Waals surface area contributed by atoms with E-state index in [4.69, 9.17) is 9.26 Å². The van der Waals surface area contributed by atoms with Crippen LogP contribution in [-0.2, 0) is 0 Å². The number of ether oxygens (including phenoxy) is 1. The molecule has 1 N–H and O–H groups in total. The number of hydrogen-bond donors (Lipinski definition) is 1. The van der Waals surface area contributed by atoms with Gasteiger partial charge in [0.05, 0.1) is 12.8 Å². The van der Waals surface area contributed by atoms with Crippen molar-refractivity contribution in [3.63, 3.8) is 0 Å². The van der Waals surface area contributed by atoms with Gasteiger partial charge in [0.1, 0.15) is 17.2 Å². The molecule has 4 rings (SSSR count). The molecule has 0 bridgehead atoms. The Hall–Kier alpha value is -3.55. The van der Waals surface area contributed by atoms with E-state index in [-0.39, 0.29) is 5.91 Å². The zero-order valence-electron chi connectivity index (χ0n) is 16.5. The number of pyridine rings is 1. The van der Waals surface area contributed by atoms with Gasteiger partial charge in [-0.25, -0.2) is 0 Å². The molecule has 1 aliphatic heterocycles. The number of piperazine rings is 1. The summed E-state index contributed by atoms with van der Waals surface area (Å²) in [6, 6.07) is 13.5. The van der Waals surface area contributed by atoms with E-state index in [9.17, 15) is 4.79 Å². The molecule has 1 fully saturated rings. The van der Waals surface area contributed by atoms with Crippen LogP contribution in [0.2, 0.25) is 0 Å². The van der Waals surface area contributed by atoms with Crippen molar-refractivity contribution < 1.29 is 14.1 Å². The predicted molar refractivity (Wildman–Crippen MR) is 111 cm³/mol. The smallest absolute Gasteiger partial charge is 0.275 e. The fourth-order valence-electron chi connectivity index (χ4n) is 3.44. The van der Waals surface area contributed by atoms with Gasteiger partial charge < -0.3 is 24.4 Å². The van der Waals surface area contributed by atoms with Crippen LogP contribution in [0, 0.1) is 6.92 Å². The predicted octanol–water partition coefficient (Wildman–Crippen LogP) is 2.97. The minimum atomic E-state index is -0.312. The maximum absolute atomic E-state index is 12.5. The maximum atomic E-state index is 12.5. The number of para-hydroxylation sites is 2. The summed E-state index contributed by atoms with van der Waals surface area (Å²) in [5.74, 6) is 1.58. The standard InChI is InChI=1S/C21H23N5O3/c1-15-13-20(24-29-15)23-21(27)17-14-16(7-8-22-17)25-9-11-26(12-10-25)18-5-3-4-6-19(18)28-2/h3-8,13-14H,9-12H2,1-2H3,(H,23,24,27). The summed E-state index contributed by atoms with van der Waals surface area (Å²) < 4.78 is 10.5. The topological polar surface area (TPSA) is 83.7 Å². The van der Waals surface area contributed by atoms with Crippen molar-refractivity contribution in [1.29, 1.82) is 0 Å². The Kier molecular flexibility index (Phi) is 5.33. The second kappa shape index (κ2) is 8.22. The first-order chi connectivity index (χ1) is 14.1. The summed E-state index contributed by atoms with van der Waals surface area (Å²) in [5.41, 5.74) is 2.42. The van der Waals surface area contributed by atoms with E-state index in [2.05, 4.69) is 31.3 Å². The van der Waals surface area contributed by atoms with Crippen molar-refractivity contribution in [2.24, 2.45) is 0 Å². The number of amides is 1. The van der Waals surface area contributed by atoms with E-state index >= 15 is 0 Å². The van der Waals surface area contributed by atoms with Crippen molar-refractivity contribution in [1.82, 2.24) is 10.1 Å². The Morgan fingerprint density at radius 1 is 1.10 bits per heavy atom. The third kappa shape index (κ3) is 4.16. The number of hydrogen-bond acceptors (Lipinski definition) is 7. The van der Waals surface area contributed by atoms with Crippen molar-refractivity contribution >= 4 is 23.1 Å². The van der Waals surface area contributed by atoms with Crippen LogP contribution in [0.4, 0.5) is 17.2 Å². The number of aromatic nitrogens is 2. The minimum Gasteiger partial charge on any atom is -0.495 e. The number of methoxy groups -OCH3 is 1. The van der Waals surface area contributed by atoms with Gasteiger partial charge >= 0.3 is 0 Å². The molecule has 8 nitrogen and oxygen atoms in total. The van der Waals surface area contributed by atoms with Crippen molar-refractivity contribution in [2.75, 3.05) is 48.4 Å². The Morgan fingerprint density at radius 3 is 2.59 bits per heavy atom. The first-order valence-electron chi connectivity index (χ1n) is 9.47. The summed E-state index contributed by atoms with van der Waals surface area (Å²) >= 11 is 0. The van der Waals surface area contributed by atoms with Crippen LogP contribution < -0.4 is 19.9 Å². The summed E-state index contributed by atoms with van der Waals surface area (Å²) in [7, 11) is 1.69. The number of benzene rings is 1. The zero-order chi connectivity index (χ0) is 20.2. The molecule has 1 aromatic carbocycles. The fourth-order valence-corrected chi connectivity index (χ4v) is 3.44. The number of nitrogens with one attached hydrogen (secondary N) is 1. The van der Waals surface area contributed by atoms with Gasteiger partial charge in [-0.3, -0.25) is 9.78 Å². The van der Waals surface area contributed by atoms with E-state index in [0.29, 0.717) is 17.3 Å². The Balaban J connectivity index is 1.42. The van der Waals surface area contributed by atoms with Crippen LogP contribution in [0.5, 0.6) is 5.75 Å². The van der Waals surface area contributed by atoms with Crippen LogP contribution in [0.25, 0.3) is 0 Å². The molecule has 3 heterocycles. The zero-order valence-corrected chi connectivity index (χ0v) is 16.5. The number of carbonyl (C=O) groups excluding carboxylic acids is 1. The van der Waals surface area contributed by atoms with Gasteiger partial charge in [-0.05, 0) is 31.2 Å². The number of nitrogens with zero attached hydrogens (tertiary/aromatic N) is 4. The molecule has 0 aliphatic carbocycles. The Labute approximate surface area is 169 Å². The van der Waals surface area contributed by atoms with Crippen LogP contribution >= 0.6 is 0 Å². The molecule has 1 aliphatic rings. The number of aryl methyl sites for hydroxylation is 1. The van der Waals surface area contributed by atoms with Gasteiger partial charge in [0, 0.05) is 44.1 Å². The molecule has 1 saturated heterocycles. The third-order valence-electron chi connectivity index (χ3n) is 4.92. The van der Waals surface area contributed by atoms with Gasteiger partial charge in [0.2, 0.25) is 0 Å². The van der Waals surface area contributed by atoms with Crippen molar-refractivity contribution in [3.8, 4) is 5.75 Å². The van der Waals surface area contributed by atoms with Gasteiger partial charge in [0.15, 0.2) is 5.82 Å². The van der Waals surface area contributed by atoms with E-state index in [0.717, 1.165) is 43.3 Å². The summed E-state index contributed by atoms with van der Waals surface area (Å²) in [5, 5.41) is 6.49. The average molecular weight is 393 g/mol. The lowest BCUT2D eigenvalue weighted by atomic mass is 10.2. The third-order valence-corrected chi connectivity index (χ3v) is 4.92. The molecule has 0 saturated carbocycles. The van der Waals surface area contributed by atoms with Crippen LogP contribution in [-0.4, -0.2) is 49.3 Å². The molecule has 150 valence electrons. The van der Waals surface area contributed by atoms with Gasteiger partial charge in [0.25, 0.3) is 5.91 Å². The molecule has 0 unspecified atom stereocenters. The largest absolute Gasteiger partial charge is 0.495 e. The molecular formula is C21H23N5O3. The molecule has 0 radical (unpaired) electrons. The molecule has 2 aromatic heterocycles. The summed E-state index contributed by atoms with van der Waals surface area (Å²) in [6.07, 6.45) is 1.66. The fraction of sp³-hybridized carbons (Fsp3) is 0.286. The lowest BCUT2D eigenvalue weighted by molar-refractivity contribution is 0.102. The van der Waals surface area contributed by atoms with E-state index in [1.54, 1.807) is 32.4 Å². The molecule has 0 spiro atoms. The number of anilines is 3. The molecule has 29 heavy (non-hydrogen) atoms. The lowest BCUT2D eigenvalue weighted by Crippen LogP contribution is -2.46. The molecular weight excluding hydrogens is 370 g/mol. The van der Waals surface area contributed by atoms with Crippen molar-refractivity contribution in [3.05, 3.63) is 60.1 Å². The van der Waals surface area contributed by atoms with Crippen molar-refractivity contribution in [2.45, 2.75) is 6.92 Å². The van der Waals surface area contributed by atoms with Crippen LogP contribution in [0.15, 0.2) is 53.2 Å². The maximum Gasteiger partial charge on any atom is 0.275 e. The van der Waals surface area contributed by atoms with Gasteiger partial charge in [-0.1, -0.05) is 17.3 Å². The SMILES string of the molecule is COc1ccccc1N1CCN(c2ccnc(C(=O)Nc3cc(C)on3)c2)CC1. The Morgan fingerprint density at radius 2 is 1.86 bits per heavy atom. The molecule has 3 aromatic rings. The van der Waals surface area contributed by atoms with Crippen LogP contribution in [0.3, 0.4) is 0 Å². The van der Waals surface area contributed by atoms with Gasteiger partial charge in [-0.15, -0.1) is 0 Å². The van der Waals surface area contributed by atoms with Crippen LogP contribution in [0.1, 0.15) is 16.2 Å². The number of carbonyl (C=O) groups is 1. The number of rotatable bonds is 5. The normalized spacial score (nSPS) is 14.0. The van der Waals surface area contributed by atoms with Gasteiger partial charge in [-0.2, -0.15) is 0 Å². The van der Waals surface area contributed by atoms with E-state index in [1.165, 1.54) is 0 Å². The first kappa shape index (κ1) is 18.8. The highest BCUT2D eigenvalue weighted by molar-refractivity contribution is 6.02. The second-order valence-electron chi connectivity index (χ2n) is 6.82. The first-order valence-corrected chi connectivity index (χ1v) is 9.47. The molecule has 0 atom stereocenters. The molecule has 8 heteroatoms. The highest BCUT2D eigenvalue weighted by Gasteiger charge is 2.21. The monoisotopic (exact) mass is 393 g/mol. The molecule has 1 amide bonds. The Bertz CT molecular complexity index is 995. The second-order valence-corrected chi connectivity index (χ2v) is 6.82. The quantitative estimate of drug-likeness (QED) is 0.713. The highest BCUT2D eigenvalue weighted by atomic mass is 16.5. The van der Waals surface area contributed by atoms with E-state index < -0.39 is 0 Å². The summed E-state index contributed by atoms with van der Waals surface area (Å²) in [6.45, 7) is 5.17. The highest BCUT2D eigenvalue weighted by Crippen LogP contribution is 2.29. The lowest BCUT2D eigenvalue weighted by Gasteiger charge is -2.37. The van der Waals surface area contributed by atoms with E-state index in [1.807, 2.05) is 24.3 Å². The average Bonchev–Trinajstić information content (AvgIpc) is 3.18. The summed E-state index contributed by atoms with van der Waals surface area (Å²) in [4.78, 5) is 21.2.